The van der Waals surface area contributed by atoms with Crippen molar-refractivity contribution in [3.63, 3.8) is 0 Å². The summed E-state index contributed by atoms with van der Waals surface area (Å²) in [5.41, 5.74) is 11.8. The van der Waals surface area contributed by atoms with Gasteiger partial charge < -0.3 is 5.73 Å². The first-order valence-electron chi connectivity index (χ1n) is 8.00. The molecule has 0 unspecified atom stereocenters. The summed E-state index contributed by atoms with van der Waals surface area (Å²) in [4.78, 5) is 8.66. The number of rotatable bonds is 3. The van der Waals surface area contributed by atoms with E-state index in [1.54, 1.807) is 12.4 Å². The van der Waals surface area contributed by atoms with Crippen LogP contribution in [0.4, 0.5) is 5.82 Å². The van der Waals surface area contributed by atoms with Gasteiger partial charge in [0.2, 0.25) is 0 Å². The van der Waals surface area contributed by atoms with Gasteiger partial charge in [-0.3, -0.25) is 9.67 Å². The van der Waals surface area contributed by atoms with E-state index in [-0.39, 0.29) is 0 Å². The molecule has 0 atom stereocenters. The molecule has 2 N–H and O–H groups in total. The molecule has 3 aromatic heterocycles. The van der Waals surface area contributed by atoms with Gasteiger partial charge in [-0.25, -0.2) is 4.98 Å². The second-order valence-corrected chi connectivity index (χ2v) is 5.74. The van der Waals surface area contributed by atoms with Gasteiger partial charge in [0.1, 0.15) is 11.5 Å². The van der Waals surface area contributed by atoms with Crippen molar-refractivity contribution in [3.8, 4) is 33.8 Å². The number of anilines is 1. The van der Waals surface area contributed by atoms with Gasteiger partial charge in [0.25, 0.3) is 0 Å². The second-order valence-electron chi connectivity index (χ2n) is 5.74. The molecule has 0 saturated carbocycles. The maximum absolute atomic E-state index is 6.24. The SMILES string of the molecule is Cn1nc(-c2ccccn2)cc1-c1c(-c2ccccc2)ccnc1N. The van der Waals surface area contributed by atoms with E-state index < -0.39 is 0 Å². The summed E-state index contributed by atoms with van der Waals surface area (Å²) in [6, 6.07) is 19.9. The Morgan fingerprint density at radius 2 is 1.64 bits per heavy atom. The fourth-order valence-corrected chi connectivity index (χ4v) is 2.95. The first kappa shape index (κ1) is 15.1. The van der Waals surface area contributed by atoms with Gasteiger partial charge in [0.05, 0.1) is 11.4 Å². The quantitative estimate of drug-likeness (QED) is 0.621. The van der Waals surface area contributed by atoms with Crippen molar-refractivity contribution in [3.05, 3.63) is 73.1 Å². The number of aryl methyl sites for hydroxylation is 1. The van der Waals surface area contributed by atoms with Crippen LogP contribution in [0.1, 0.15) is 0 Å². The maximum Gasteiger partial charge on any atom is 0.133 e. The number of hydrogen-bond acceptors (Lipinski definition) is 4. The number of nitrogen functional groups attached to an aromatic ring is 1. The Bertz CT molecular complexity index is 1010. The summed E-state index contributed by atoms with van der Waals surface area (Å²) in [6.45, 7) is 0. The monoisotopic (exact) mass is 327 g/mol. The Balaban J connectivity index is 1.90. The molecule has 0 aliphatic rings. The molecule has 5 nitrogen and oxygen atoms in total. The zero-order chi connectivity index (χ0) is 17.2. The molecule has 4 rings (SSSR count). The highest BCUT2D eigenvalue weighted by Crippen LogP contribution is 2.36. The highest BCUT2D eigenvalue weighted by molar-refractivity contribution is 5.89. The van der Waals surface area contributed by atoms with Gasteiger partial charge in [-0.1, -0.05) is 36.4 Å². The molecular formula is C20H17N5. The lowest BCUT2D eigenvalue weighted by atomic mass is 9.98. The van der Waals surface area contributed by atoms with E-state index in [4.69, 9.17) is 5.73 Å². The molecule has 0 fully saturated rings. The number of pyridine rings is 2. The van der Waals surface area contributed by atoms with E-state index in [1.165, 1.54) is 0 Å². The molecule has 1 aromatic carbocycles. The number of benzene rings is 1. The Hall–Kier alpha value is -3.47. The van der Waals surface area contributed by atoms with Gasteiger partial charge in [-0.2, -0.15) is 5.10 Å². The van der Waals surface area contributed by atoms with Crippen LogP contribution in [0.15, 0.2) is 73.1 Å². The van der Waals surface area contributed by atoms with Crippen LogP contribution >= 0.6 is 0 Å². The van der Waals surface area contributed by atoms with Crippen LogP contribution in [0.5, 0.6) is 0 Å². The summed E-state index contributed by atoms with van der Waals surface area (Å²) in [5.74, 6) is 0.483. The molecule has 0 saturated heterocycles. The van der Waals surface area contributed by atoms with Gasteiger partial charge in [-0.05, 0) is 35.4 Å². The molecule has 0 aliphatic carbocycles. The third-order valence-corrected chi connectivity index (χ3v) is 4.13. The first-order valence-corrected chi connectivity index (χ1v) is 8.00. The summed E-state index contributed by atoms with van der Waals surface area (Å²) < 4.78 is 1.82. The molecular weight excluding hydrogens is 310 g/mol. The largest absolute Gasteiger partial charge is 0.383 e. The van der Waals surface area contributed by atoms with Crippen LogP contribution in [0.25, 0.3) is 33.8 Å². The normalized spacial score (nSPS) is 10.8. The Morgan fingerprint density at radius 3 is 2.40 bits per heavy atom. The topological polar surface area (TPSA) is 69.6 Å². The van der Waals surface area contributed by atoms with Crippen molar-refractivity contribution in [2.45, 2.75) is 0 Å². The van der Waals surface area contributed by atoms with Crippen LogP contribution in [0, 0.1) is 0 Å². The smallest absolute Gasteiger partial charge is 0.133 e. The van der Waals surface area contributed by atoms with Crippen LogP contribution in [-0.4, -0.2) is 19.7 Å². The highest BCUT2D eigenvalue weighted by Gasteiger charge is 2.17. The van der Waals surface area contributed by atoms with Crippen molar-refractivity contribution in [1.82, 2.24) is 19.7 Å². The molecule has 0 radical (unpaired) electrons. The molecule has 0 aliphatic heterocycles. The molecule has 0 bridgehead atoms. The van der Waals surface area contributed by atoms with E-state index in [0.717, 1.165) is 33.8 Å². The van der Waals surface area contributed by atoms with Gasteiger partial charge >= 0.3 is 0 Å². The van der Waals surface area contributed by atoms with Crippen molar-refractivity contribution >= 4 is 5.82 Å². The molecule has 3 heterocycles. The minimum Gasteiger partial charge on any atom is -0.383 e. The predicted octanol–water partition coefficient (Wildman–Crippen LogP) is 3.79. The minimum atomic E-state index is 0.483. The molecule has 4 aromatic rings. The van der Waals surface area contributed by atoms with E-state index in [2.05, 4.69) is 27.2 Å². The van der Waals surface area contributed by atoms with Crippen molar-refractivity contribution in [2.75, 3.05) is 5.73 Å². The minimum absolute atomic E-state index is 0.483. The zero-order valence-electron chi connectivity index (χ0n) is 13.8. The van der Waals surface area contributed by atoms with Crippen LogP contribution in [0.2, 0.25) is 0 Å². The summed E-state index contributed by atoms with van der Waals surface area (Å²) >= 11 is 0. The Kier molecular flexibility index (Phi) is 3.74. The molecule has 0 amide bonds. The summed E-state index contributed by atoms with van der Waals surface area (Å²) in [6.07, 6.45) is 3.49. The van der Waals surface area contributed by atoms with Gasteiger partial charge in [0.15, 0.2) is 0 Å². The fraction of sp³-hybridized carbons (Fsp3) is 0.0500. The van der Waals surface area contributed by atoms with E-state index >= 15 is 0 Å². The van der Waals surface area contributed by atoms with Crippen LogP contribution < -0.4 is 5.73 Å². The van der Waals surface area contributed by atoms with Crippen molar-refractivity contribution < 1.29 is 0 Å². The Morgan fingerprint density at radius 1 is 0.840 bits per heavy atom. The first-order chi connectivity index (χ1) is 12.2. The third kappa shape index (κ3) is 2.76. The average molecular weight is 327 g/mol. The maximum atomic E-state index is 6.24. The predicted molar refractivity (Wildman–Crippen MR) is 99.5 cm³/mol. The standard InChI is InChI=1S/C20H17N5/c1-25-18(13-17(24-25)16-9-5-6-11-22-16)19-15(10-12-23-20(19)21)14-7-3-2-4-8-14/h2-13H,1H3,(H2,21,23). The van der Waals surface area contributed by atoms with Crippen LogP contribution in [-0.2, 0) is 7.05 Å². The van der Waals surface area contributed by atoms with Gasteiger partial charge in [-0.15, -0.1) is 0 Å². The van der Waals surface area contributed by atoms with Crippen molar-refractivity contribution in [1.29, 1.82) is 0 Å². The number of nitrogens with two attached hydrogens (primary N) is 1. The molecule has 5 heteroatoms. The second kappa shape index (κ2) is 6.20. The zero-order valence-corrected chi connectivity index (χ0v) is 13.8. The summed E-state index contributed by atoms with van der Waals surface area (Å²) in [7, 11) is 1.91. The van der Waals surface area contributed by atoms with E-state index in [9.17, 15) is 0 Å². The lowest BCUT2D eigenvalue weighted by Gasteiger charge is -2.12. The fourth-order valence-electron chi connectivity index (χ4n) is 2.95. The van der Waals surface area contributed by atoms with E-state index in [0.29, 0.717) is 5.82 Å². The van der Waals surface area contributed by atoms with Crippen LogP contribution in [0.3, 0.4) is 0 Å². The lowest BCUT2D eigenvalue weighted by molar-refractivity contribution is 0.778. The summed E-state index contributed by atoms with van der Waals surface area (Å²) in [5, 5.41) is 4.60. The molecule has 0 spiro atoms. The van der Waals surface area contributed by atoms with E-state index in [1.807, 2.05) is 60.3 Å². The molecule has 122 valence electrons. The van der Waals surface area contributed by atoms with Crippen molar-refractivity contribution in [2.24, 2.45) is 7.05 Å². The average Bonchev–Trinajstić information content (AvgIpc) is 3.04. The van der Waals surface area contributed by atoms with Gasteiger partial charge in [0, 0.05) is 25.0 Å². The number of hydrogen-bond donors (Lipinski definition) is 1. The highest BCUT2D eigenvalue weighted by atomic mass is 15.3. The molecule has 25 heavy (non-hydrogen) atoms. The lowest BCUT2D eigenvalue weighted by Crippen LogP contribution is -2.01. The third-order valence-electron chi connectivity index (χ3n) is 4.13. The number of nitrogens with zero attached hydrogens (tertiary/aromatic N) is 4. The Labute approximate surface area is 145 Å². The number of aromatic nitrogens is 4.